The molecule has 1 heterocycles. The molecule has 21 heavy (non-hydrogen) atoms. The molecule has 0 saturated heterocycles. The van der Waals surface area contributed by atoms with Gasteiger partial charge in [0.05, 0.1) is 19.3 Å². The van der Waals surface area contributed by atoms with E-state index >= 15 is 0 Å². The second-order valence-electron chi connectivity index (χ2n) is 4.55. The van der Waals surface area contributed by atoms with Crippen molar-refractivity contribution in [2.45, 2.75) is 39.4 Å². The van der Waals surface area contributed by atoms with Gasteiger partial charge < -0.3 is 18.9 Å². The highest BCUT2D eigenvalue weighted by molar-refractivity contribution is 5.70. The summed E-state index contributed by atoms with van der Waals surface area (Å²) < 4.78 is 20.3. The molecule has 0 saturated carbocycles. The van der Waals surface area contributed by atoms with E-state index in [2.05, 4.69) is 0 Å². The van der Waals surface area contributed by atoms with Gasteiger partial charge in [-0.25, -0.2) is 0 Å². The first-order valence-corrected chi connectivity index (χ1v) is 6.72. The van der Waals surface area contributed by atoms with Gasteiger partial charge in [-0.3, -0.25) is 14.4 Å². The van der Waals surface area contributed by atoms with Crippen LogP contribution in [0, 0.1) is 5.92 Å². The number of hydrogen-bond donors (Lipinski definition) is 0. The molecule has 0 aromatic carbocycles. The molecule has 0 aromatic rings. The molecule has 7 heteroatoms. The summed E-state index contributed by atoms with van der Waals surface area (Å²) in [5.41, 5.74) is 0. The molecule has 0 aromatic heterocycles. The molecule has 118 valence electrons. The molecule has 3 atom stereocenters. The lowest BCUT2D eigenvalue weighted by Gasteiger charge is -2.33. The van der Waals surface area contributed by atoms with Crippen molar-refractivity contribution in [1.29, 1.82) is 0 Å². The fraction of sp³-hybridized carbons (Fsp3) is 0.643. The van der Waals surface area contributed by atoms with Gasteiger partial charge in [-0.15, -0.1) is 0 Å². The maximum Gasteiger partial charge on any atom is 0.306 e. The van der Waals surface area contributed by atoms with Crippen LogP contribution in [0.15, 0.2) is 12.3 Å². The molecule has 0 N–H and O–H groups in total. The molecule has 1 aliphatic rings. The highest BCUT2D eigenvalue weighted by Crippen LogP contribution is 2.25. The lowest BCUT2D eigenvalue weighted by atomic mass is 9.92. The Balaban J connectivity index is 2.76. The Bertz CT molecular complexity index is 416. The first kappa shape index (κ1) is 17.0. The Morgan fingerprint density at radius 3 is 2.43 bits per heavy atom. The maximum absolute atomic E-state index is 11.6. The third kappa shape index (κ3) is 5.85. The van der Waals surface area contributed by atoms with Crippen LogP contribution in [0.5, 0.6) is 0 Å². The van der Waals surface area contributed by atoms with Crippen molar-refractivity contribution in [3.63, 3.8) is 0 Å². The Morgan fingerprint density at radius 1 is 1.14 bits per heavy atom. The van der Waals surface area contributed by atoms with Gasteiger partial charge in [-0.2, -0.15) is 0 Å². The number of carbonyl (C=O) groups is 3. The van der Waals surface area contributed by atoms with E-state index in [1.165, 1.54) is 20.1 Å². The maximum atomic E-state index is 11.6. The summed E-state index contributed by atoms with van der Waals surface area (Å²) >= 11 is 0. The highest BCUT2D eigenvalue weighted by atomic mass is 16.6. The SMILES string of the molecule is CCOC(=O)C[C@@H]1C=CO[C@H](COC(C)=O)[C@H]1OC(C)=O. The van der Waals surface area contributed by atoms with E-state index in [1.54, 1.807) is 13.0 Å². The first-order chi connectivity index (χ1) is 9.93. The van der Waals surface area contributed by atoms with Crippen LogP contribution in [-0.2, 0) is 33.3 Å². The van der Waals surface area contributed by atoms with Crippen LogP contribution in [0.3, 0.4) is 0 Å². The zero-order valence-corrected chi connectivity index (χ0v) is 12.4. The lowest BCUT2D eigenvalue weighted by molar-refractivity contribution is -0.167. The number of ether oxygens (including phenoxy) is 4. The smallest absolute Gasteiger partial charge is 0.306 e. The van der Waals surface area contributed by atoms with Crippen LogP contribution in [-0.4, -0.2) is 43.3 Å². The van der Waals surface area contributed by atoms with Crippen LogP contribution < -0.4 is 0 Å². The fourth-order valence-electron chi connectivity index (χ4n) is 1.99. The van der Waals surface area contributed by atoms with E-state index in [0.29, 0.717) is 0 Å². The molecular formula is C14H20O7. The van der Waals surface area contributed by atoms with Gasteiger partial charge in [0, 0.05) is 19.8 Å². The molecule has 0 aliphatic carbocycles. The van der Waals surface area contributed by atoms with Gasteiger partial charge in [0.2, 0.25) is 0 Å². The van der Waals surface area contributed by atoms with Crippen molar-refractivity contribution in [2.75, 3.05) is 13.2 Å². The van der Waals surface area contributed by atoms with E-state index in [-0.39, 0.29) is 25.6 Å². The van der Waals surface area contributed by atoms with Crippen LogP contribution in [0.1, 0.15) is 27.2 Å². The number of esters is 3. The first-order valence-electron chi connectivity index (χ1n) is 6.72. The van der Waals surface area contributed by atoms with Crippen molar-refractivity contribution < 1.29 is 33.3 Å². The van der Waals surface area contributed by atoms with Crippen LogP contribution in [0.2, 0.25) is 0 Å². The fourth-order valence-corrected chi connectivity index (χ4v) is 1.99. The molecule has 1 aliphatic heterocycles. The highest BCUT2D eigenvalue weighted by Gasteiger charge is 2.37. The number of hydrogen-bond acceptors (Lipinski definition) is 7. The van der Waals surface area contributed by atoms with Crippen molar-refractivity contribution in [3.8, 4) is 0 Å². The van der Waals surface area contributed by atoms with Crippen molar-refractivity contribution >= 4 is 17.9 Å². The van der Waals surface area contributed by atoms with Gasteiger partial charge in [-0.05, 0) is 13.0 Å². The third-order valence-electron chi connectivity index (χ3n) is 2.83. The molecule has 1 rings (SSSR count). The molecule has 0 fully saturated rings. The minimum atomic E-state index is -0.712. The Hall–Kier alpha value is -2.05. The molecule has 0 amide bonds. The molecule has 0 spiro atoms. The second kappa shape index (κ2) is 8.28. The largest absolute Gasteiger partial charge is 0.491 e. The Kier molecular flexibility index (Phi) is 6.71. The zero-order chi connectivity index (χ0) is 15.8. The summed E-state index contributed by atoms with van der Waals surface area (Å²) in [5, 5.41) is 0. The van der Waals surface area contributed by atoms with E-state index < -0.39 is 30.1 Å². The molecule has 0 radical (unpaired) electrons. The quantitative estimate of drug-likeness (QED) is 0.533. The zero-order valence-electron chi connectivity index (χ0n) is 12.4. The van der Waals surface area contributed by atoms with Crippen LogP contribution in [0.4, 0.5) is 0 Å². The van der Waals surface area contributed by atoms with Gasteiger partial charge in [-0.1, -0.05) is 0 Å². The summed E-state index contributed by atoms with van der Waals surface area (Å²) in [5.74, 6) is -1.74. The summed E-state index contributed by atoms with van der Waals surface area (Å²) in [6.45, 7) is 4.47. The predicted molar refractivity (Wildman–Crippen MR) is 70.9 cm³/mol. The lowest BCUT2D eigenvalue weighted by Crippen LogP contribution is -2.43. The van der Waals surface area contributed by atoms with E-state index in [9.17, 15) is 14.4 Å². The molecule has 7 nitrogen and oxygen atoms in total. The van der Waals surface area contributed by atoms with Gasteiger partial charge in [0.25, 0.3) is 0 Å². The van der Waals surface area contributed by atoms with E-state index in [1.807, 2.05) is 0 Å². The summed E-state index contributed by atoms with van der Waals surface area (Å²) in [6.07, 6.45) is 1.74. The average Bonchev–Trinajstić information content (AvgIpc) is 2.38. The van der Waals surface area contributed by atoms with Crippen LogP contribution >= 0.6 is 0 Å². The van der Waals surface area contributed by atoms with Gasteiger partial charge in [0.15, 0.2) is 6.10 Å². The number of rotatable bonds is 6. The Labute approximate surface area is 123 Å². The van der Waals surface area contributed by atoms with Crippen molar-refractivity contribution in [2.24, 2.45) is 5.92 Å². The second-order valence-corrected chi connectivity index (χ2v) is 4.55. The normalized spacial score (nSPS) is 23.9. The van der Waals surface area contributed by atoms with Gasteiger partial charge in [0.1, 0.15) is 12.7 Å². The van der Waals surface area contributed by atoms with Crippen molar-refractivity contribution in [3.05, 3.63) is 12.3 Å². The van der Waals surface area contributed by atoms with Gasteiger partial charge >= 0.3 is 17.9 Å². The molecule has 0 unspecified atom stereocenters. The third-order valence-corrected chi connectivity index (χ3v) is 2.83. The average molecular weight is 300 g/mol. The monoisotopic (exact) mass is 300 g/mol. The summed E-state index contributed by atoms with van der Waals surface area (Å²) in [4.78, 5) is 33.7. The number of carbonyl (C=O) groups excluding carboxylic acids is 3. The summed E-state index contributed by atoms with van der Waals surface area (Å²) in [7, 11) is 0. The molecule has 0 bridgehead atoms. The minimum Gasteiger partial charge on any atom is -0.491 e. The standard InChI is InChI=1S/C14H20O7/c1-4-18-13(17)7-11-5-6-19-12(8-20-9(2)15)14(11)21-10(3)16/h5-6,11-12,14H,4,7-8H2,1-3H3/t11-,12+,14-/m0/s1. The van der Waals surface area contributed by atoms with E-state index in [4.69, 9.17) is 18.9 Å². The Morgan fingerprint density at radius 2 is 1.86 bits per heavy atom. The van der Waals surface area contributed by atoms with E-state index in [0.717, 1.165) is 0 Å². The van der Waals surface area contributed by atoms with Crippen LogP contribution in [0.25, 0.3) is 0 Å². The topological polar surface area (TPSA) is 88.1 Å². The van der Waals surface area contributed by atoms with Crippen molar-refractivity contribution in [1.82, 2.24) is 0 Å². The minimum absolute atomic E-state index is 0.0578. The predicted octanol–water partition coefficient (Wildman–Crippen LogP) is 0.963. The summed E-state index contributed by atoms with van der Waals surface area (Å²) in [6, 6.07) is 0. The molecular weight excluding hydrogens is 280 g/mol.